The lowest BCUT2D eigenvalue weighted by molar-refractivity contribution is -0.131. The molecular weight excluding hydrogens is 292 g/mol. The average Bonchev–Trinajstić information content (AvgIpc) is 2.43. The molecule has 5 heteroatoms. The summed E-state index contributed by atoms with van der Waals surface area (Å²) in [7, 11) is 3.82. The third-order valence-corrected chi connectivity index (χ3v) is 3.52. The van der Waals surface area contributed by atoms with E-state index in [1.54, 1.807) is 4.90 Å². The van der Waals surface area contributed by atoms with Gasteiger partial charge in [0.2, 0.25) is 5.91 Å². The summed E-state index contributed by atoms with van der Waals surface area (Å²) in [4.78, 5) is 15.8. The van der Waals surface area contributed by atoms with Gasteiger partial charge in [0.15, 0.2) is 0 Å². The van der Waals surface area contributed by atoms with Gasteiger partial charge >= 0.3 is 0 Å². The Morgan fingerprint density at radius 3 is 2.09 bits per heavy atom. The zero-order valence-electron chi connectivity index (χ0n) is 16.1. The van der Waals surface area contributed by atoms with Crippen molar-refractivity contribution in [2.45, 2.75) is 40.5 Å². The Kier molecular flexibility index (Phi) is 13.4. The van der Waals surface area contributed by atoms with Gasteiger partial charge in [0.05, 0.1) is 26.4 Å². The van der Waals surface area contributed by atoms with Crippen LogP contribution in [-0.4, -0.2) is 75.9 Å². The molecule has 0 atom stereocenters. The Hall–Kier alpha value is -0.650. The van der Waals surface area contributed by atoms with Crippen molar-refractivity contribution in [3.63, 3.8) is 0 Å². The van der Waals surface area contributed by atoms with Crippen LogP contribution >= 0.6 is 0 Å². The Bertz CT molecular complexity index is 296. The van der Waals surface area contributed by atoms with Crippen LogP contribution in [0.2, 0.25) is 0 Å². The molecule has 0 radical (unpaired) electrons. The van der Waals surface area contributed by atoms with Crippen molar-refractivity contribution in [2.75, 3.05) is 60.2 Å². The van der Waals surface area contributed by atoms with Crippen molar-refractivity contribution in [1.82, 2.24) is 9.80 Å². The number of likely N-dealkylation sites (N-methyl/N-ethyl adjacent to an activating group) is 2. The summed E-state index contributed by atoms with van der Waals surface area (Å²) in [6.45, 7) is 13.4. The molecule has 0 rings (SSSR count). The average molecular weight is 331 g/mol. The van der Waals surface area contributed by atoms with E-state index in [1.165, 1.54) is 6.42 Å². The Morgan fingerprint density at radius 1 is 0.913 bits per heavy atom. The van der Waals surface area contributed by atoms with Gasteiger partial charge in [-0.2, -0.15) is 0 Å². The molecule has 0 aromatic carbocycles. The van der Waals surface area contributed by atoms with Crippen LogP contribution in [0.15, 0.2) is 0 Å². The second kappa shape index (κ2) is 13.8. The predicted octanol–water partition coefficient (Wildman–Crippen LogP) is 2.50. The predicted molar refractivity (Wildman–Crippen MR) is 95.7 cm³/mol. The van der Waals surface area contributed by atoms with E-state index in [9.17, 15) is 4.79 Å². The van der Waals surface area contributed by atoms with Crippen LogP contribution in [0, 0.1) is 11.8 Å². The highest BCUT2D eigenvalue weighted by molar-refractivity contribution is 5.77. The lowest BCUT2D eigenvalue weighted by atomic mass is 10.1. The molecule has 0 fully saturated rings. The van der Waals surface area contributed by atoms with Gasteiger partial charge in [0.1, 0.15) is 0 Å². The summed E-state index contributed by atoms with van der Waals surface area (Å²) in [6.07, 6.45) is 2.32. The molecule has 0 saturated carbocycles. The molecule has 0 unspecified atom stereocenters. The molecule has 0 aliphatic rings. The maximum Gasteiger partial charge on any atom is 0.236 e. The molecule has 5 nitrogen and oxygen atoms in total. The number of hydrogen-bond acceptors (Lipinski definition) is 4. The van der Waals surface area contributed by atoms with Crippen LogP contribution in [0.25, 0.3) is 0 Å². The summed E-state index contributed by atoms with van der Waals surface area (Å²) in [5, 5.41) is 0. The van der Waals surface area contributed by atoms with Gasteiger partial charge in [-0.1, -0.05) is 27.7 Å². The zero-order valence-corrected chi connectivity index (χ0v) is 16.1. The first kappa shape index (κ1) is 22.4. The molecule has 138 valence electrons. The number of amides is 1. The van der Waals surface area contributed by atoms with Gasteiger partial charge in [-0.15, -0.1) is 0 Å². The number of carbonyl (C=O) groups is 1. The van der Waals surface area contributed by atoms with E-state index in [0.29, 0.717) is 38.8 Å². The second-order valence-corrected chi connectivity index (χ2v) is 7.17. The van der Waals surface area contributed by atoms with Crippen LogP contribution < -0.4 is 0 Å². The topological polar surface area (TPSA) is 42.0 Å². The van der Waals surface area contributed by atoms with Crippen molar-refractivity contribution in [1.29, 1.82) is 0 Å². The highest BCUT2D eigenvalue weighted by atomic mass is 16.5. The normalized spacial score (nSPS) is 11.7. The zero-order chi connectivity index (χ0) is 17.7. The van der Waals surface area contributed by atoms with E-state index in [4.69, 9.17) is 9.47 Å². The molecule has 0 aliphatic carbocycles. The summed E-state index contributed by atoms with van der Waals surface area (Å²) < 4.78 is 11.0. The SMILES string of the molecule is CC(C)CCCOCCOCCN(C)C(=O)CN(C)CC(C)C. The number of rotatable bonds is 14. The third kappa shape index (κ3) is 14.7. The van der Waals surface area contributed by atoms with E-state index in [-0.39, 0.29) is 5.91 Å². The maximum absolute atomic E-state index is 12.0. The fraction of sp³-hybridized carbons (Fsp3) is 0.944. The van der Waals surface area contributed by atoms with Crippen LogP contribution in [0.4, 0.5) is 0 Å². The molecule has 0 aromatic heterocycles. The number of ether oxygens (including phenoxy) is 2. The van der Waals surface area contributed by atoms with Gasteiger partial charge in [0, 0.05) is 26.7 Å². The van der Waals surface area contributed by atoms with Crippen LogP contribution in [0.5, 0.6) is 0 Å². The van der Waals surface area contributed by atoms with E-state index in [0.717, 1.165) is 25.5 Å². The molecule has 1 amide bonds. The first-order chi connectivity index (χ1) is 10.8. The van der Waals surface area contributed by atoms with E-state index >= 15 is 0 Å². The summed E-state index contributed by atoms with van der Waals surface area (Å²) in [6, 6.07) is 0. The van der Waals surface area contributed by atoms with Crippen LogP contribution in [-0.2, 0) is 14.3 Å². The lowest BCUT2D eigenvalue weighted by Crippen LogP contribution is -2.39. The Labute approximate surface area is 143 Å². The van der Waals surface area contributed by atoms with Gasteiger partial charge in [-0.3, -0.25) is 9.69 Å². The Morgan fingerprint density at radius 2 is 1.52 bits per heavy atom. The smallest absolute Gasteiger partial charge is 0.236 e. The van der Waals surface area contributed by atoms with Crippen molar-refractivity contribution in [2.24, 2.45) is 11.8 Å². The minimum Gasteiger partial charge on any atom is -0.379 e. The molecule has 0 N–H and O–H groups in total. The fourth-order valence-corrected chi connectivity index (χ4v) is 2.28. The highest BCUT2D eigenvalue weighted by Crippen LogP contribution is 2.02. The molecule has 0 heterocycles. The quantitative estimate of drug-likeness (QED) is 0.459. The van der Waals surface area contributed by atoms with Crippen LogP contribution in [0.3, 0.4) is 0 Å². The van der Waals surface area contributed by atoms with E-state index in [2.05, 4.69) is 32.6 Å². The summed E-state index contributed by atoms with van der Waals surface area (Å²) in [5.74, 6) is 1.45. The van der Waals surface area contributed by atoms with Gasteiger partial charge < -0.3 is 14.4 Å². The molecule has 0 saturated heterocycles. The van der Waals surface area contributed by atoms with Gasteiger partial charge in [0.25, 0.3) is 0 Å². The lowest BCUT2D eigenvalue weighted by Gasteiger charge is -2.23. The highest BCUT2D eigenvalue weighted by Gasteiger charge is 2.12. The van der Waals surface area contributed by atoms with E-state index < -0.39 is 0 Å². The number of carbonyl (C=O) groups excluding carboxylic acids is 1. The third-order valence-electron chi connectivity index (χ3n) is 3.52. The molecule has 23 heavy (non-hydrogen) atoms. The van der Waals surface area contributed by atoms with Gasteiger partial charge in [-0.25, -0.2) is 0 Å². The molecule has 0 bridgehead atoms. The van der Waals surface area contributed by atoms with Crippen molar-refractivity contribution >= 4 is 5.91 Å². The fourth-order valence-electron chi connectivity index (χ4n) is 2.28. The molecular formula is C18H38N2O3. The number of nitrogens with zero attached hydrogens (tertiary/aromatic N) is 2. The van der Waals surface area contributed by atoms with E-state index in [1.807, 2.05) is 14.1 Å². The monoisotopic (exact) mass is 330 g/mol. The maximum atomic E-state index is 12.0. The summed E-state index contributed by atoms with van der Waals surface area (Å²) in [5.41, 5.74) is 0. The first-order valence-corrected chi connectivity index (χ1v) is 8.90. The Balaban J connectivity index is 3.51. The van der Waals surface area contributed by atoms with Crippen molar-refractivity contribution in [3.05, 3.63) is 0 Å². The minimum absolute atomic E-state index is 0.140. The summed E-state index contributed by atoms with van der Waals surface area (Å²) >= 11 is 0. The van der Waals surface area contributed by atoms with Crippen LogP contribution in [0.1, 0.15) is 40.5 Å². The van der Waals surface area contributed by atoms with Crippen molar-refractivity contribution in [3.8, 4) is 0 Å². The molecule has 0 aliphatic heterocycles. The second-order valence-electron chi connectivity index (χ2n) is 7.17. The van der Waals surface area contributed by atoms with Gasteiger partial charge in [-0.05, 0) is 31.7 Å². The largest absolute Gasteiger partial charge is 0.379 e. The standard InChI is InChI=1S/C18H38N2O3/c1-16(2)8-7-10-22-12-13-23-11-9-20(6)18(21)15-19(5)14-17(3)4/h16-17H,7-15H2,1-6H3. The minimum atomic E-state index is 0.140. The molecule has 0 spiro atoms. The van der Waals surface area contributed by atoms with Crippen molar-refractivity contribution < 1.29 is 14.3 Å². The first-order valence-electron chi connectivity index (χ1n) is 8.90. The number of hydrogen-bond donors (Lipinski definition) is 0. The molecule has 0 aromatic rings.